The molecule has 1 rings (SSSR count). The lowest BCUT2D eigenvalue weighted by atomic mass is 9.93. The molecule has 0 saturated carbocycles. The molecule has 0 radical (unpaired) electrons. The predicted molar refractivity (Wildman–Crippen MR) is 79.2 cm³/mol. The average molecular weight is 262 g/mol. The van der Waals surface area contributed by atoms with Crippen LogP contribution < -0.4 is 0 Å². The van der Waals surface area contributed by atoms with Gasteiger partial charge in [0.1, 0.15) is 0 Å². The first-order valence-corrected chi connectivity index (χ1v) is 7.48. The van der Waals surface area contributed by atoms with E-state index >= 15 is 0 Å². The zero-order valence-corrected chi connectivity index (χ0v) is 12.2. The van der Waals surface area contributed by atoms with Crippen LogP contribution in [0.4, 0.5) is 0 Å². The van der Waals surface area contributed by atoms with Crippen molar-refractivity contribution < 1.29 is 9.53 Å². The van der Waals surface area contributed by atoms with Crippen LogP contribution in [0.1, 0.15) is 63.9 Å². The van der Waals surface area contributed by atoms with Gasteiger partial charge in [-0.2, -0.15) is 0 Å². The molecule has 0 aliphatic rings. The molecular weight excluding hydrogens is 236 g/mol. The first kappa shape index (κ1) is 15.7. The smallest absolute Gasteiger partial charge is 0.306 e. The van der Waals surface area contributed by atoms with E-state index in [1.54, 1.807) is 0 Å². The zero-order chi connectivity index (χ0) is 13.9. The normalized spacial score (nSPS) is 12.1. The molecule has 0 aliphatic heterocycles. The van der Waals surface area contributed by atoms with Crippen LogP contribution in [-0.4, -0.2) is 12.6 Å². The summed E-state index contributed by atoms with van der Waals surface area (Å²) >= 11 is 0. The molecule has 0 heterocycles. The Labute approximate surface area is 117 Å². The van der Waals surface area contributed by atoms with Gasteiger partial charge in [0.25, 0.3) is 0 Å². The van der Waals surface area contributed by atoms with Crippen LogP contribution in [0, 0.1) is 0 Å². The lowest BCUT2D eigenvalue weighted by Crippen LogP contribution is -2.11. The van der Waals surface area contributed by atoms with Crippen LogP contribution in [0.5, 0.6) is 0 Å². The van der Waals surface area contributed by atoms with Gasteiger partial charge in [0.05, 0.1) is 13.0 Å². The van der Waals surface area contributed by atoms with E-state index < -0.39 is 0 Å². The summed E-state index contributed by atoms with van der Waals surface area (Å²) < 4.78 is 5.30. The summed E-state index contributed by atoms with van der Waals surface area (Å²) in [5.74, 6) is 0.219. The largest absolute Gasteiger partial charge is 0.466 e. The quantitative estimate of drug-likeness (QED) is 0.476. The van der Waals surface area contributed by atoms with E-state index in [2.05, 4.69) is 26.0 Å². The molecule has 1 aromatic carbocycles. The Bertz CT molecular complexity index is 346. The highest BCUT2D eigenvalue weighted by Gasteiger charge is 2.14. The third kappa shape index (κ3) is 6.42. The van der Waals surface area contributed by atoms with Crippen molar-refractivity contribution in [3.8, 4) is 0 Å². The minimum absolute atomic E-state index is 0.0628. The van der Waals surface area contributed by atoms with Crippen LogP contribution in [-0.2, 0) is 9.53 Å². The number of esters is 1. The van der Waals surface area contributed by atoms with Crippen LogP contribution in [0.2, 0.25) is 0 Å². The minimum Gasteiger partial charge on any atom is -0.466 e. The first-order valence-electron chi connectivity index (χ1n) is 7.48. The van der Waals surface area contributed by atoms with E-state index in [0.717, 1.165) is 19.3 Å². The summed E-state index contributed by atoms with van der Waals surface area (Å²) in [6, 6.07) is 10.2. The Hall–Kier alpha value is -1.31. The monoisotopic (exact) mass is 262 g/mol. The van der Waals surface area contributed by atoms with E-state index in [1.165, 1.54) is 18.4 Å². The Morgan fingerprint density at radius 2 is 1.84 bits per heavy atom. The second-order valence-electron chi connectivity index (χ2n) is 5.00. The maximum absolute atomic E-state index is 11.8. The van der Waals surface area contributed by atoms with Crippen molar-refractivity contribution in [2.24, 2.45) is 0 Å². The summed E-state index contributed by atoms with van der Waals surface area (Å²) in [5, 5.41) is 0. The topological polar surface area (TPSA) is 26.3 Å². The highest BCUT2D eigenvalue weighted by atomic mass is 16.5. The summed E-state index contributed by atoms with van der Waals surface area (Å²) in [4.78, 5) is 11.8. The Kier molecular flexibility index (Phi) is 7.95. The van der Waals surface area contributed by atoms with Gasteiger partial charge in [0.15, 0.2) is 0 Å². The molecule has 0 spiro atoms. The van der Waals surface area contributed by atoms with Gasteiger partial charge in [-0.05, 0) is 24.3 Å². The molecule has 1 aromatic rings. The van der Waals surface area contributed by atoms with Crippen molar-refractivity contribution >= 4 is 5.97 Å². The van der Waals surface area contributed by atoms with Crippen LogP contribution in [0.25, 0.3) is 0 Å². The van der Waals surface area contributed by atoms with Gasteiger partial charge in [-0.25, -0.2) is 0 Å². The lowest BCUT2D eigenvalue weighted by Gasteiger charge is -2.14. The molecule has 0 saturated heterocycles. The minimum atomic E-state index is -0.0628. The molecule has 2 heteroatoms. The van der Waals surface area contributed by atoms with E-state index in [4.69, 9.17) is 4.74 Å². The molecule has 19 heavy (non-hydrogen) atoms. The summed E-state index contributed by atoms with van der Waals surface area (Å²) in [7, 11) is 0. The number of hydrogen-bond acceptors (Lipinski definition) is 2. The van der Waals surface area contributed by atoms with E-state index in [-0.39, 0.29) is 11.9 Å². The highest BCUT2D eigenvalue weighted by molar-refractivity contribution is 5.70. The second kappa shape index (κ2) is 9.60. The van der Waals surface area contributed by atoms with Crippen LogP contribution in [0.3, 0.4) is 0 Å². The maximum atomic E-state index is 11.8. The molecule has 0 aliphatic carbocycles. The number of carbonyl (C=O) groups is 1. The molecule has 0 bridgehead atoms. The van der Waals surface area contributed by atoms with E-state index in [9.17, 15) is 4.79 Å². The average Bonchev–Trinajstić information content (AvgIpc) is 2.45. The van der Waals surface area contributed by atoms with Gasteiger partial charge in [-0.3, -0.25) is 4.79 Å². The highest BCUT2D eigenvalue weighted by Crippen LogP contribution is 2.23. The van der Waals surface area contributed by atoms with E-state index in [0.29, 0.717) is 13.0 Å². The van der Waals surface area contributed by atoms with Crippen LogP contribution >= 0.6 is 0 Å². The van der Waals surface area contributed by atoms with Crippen molar-refractivity contribution in [1.82, 2.24) is 0 Å². The van der Waals surface area contributed by atoms with E-state index in [1.807, 2.05) is 18.2 Å². The summed E-state index contributed by atoms with van der Waals surface area (Å²) in [6.07, 6.45) is 6.03. The fraction of sp³-hybridized carbons (Fsp3) is 0.588. The molecule has 1 atom stereocenters. The first-order chi connectivity index (χ1) is 9.27. The molecule has 1 unspecified atom stereocenters. The molecule has 0 fully saturated rings. The Balaban J connectivity index is 2.30. The summed E-state index contributed by atoms with van der Waals surface area (Å²) in [5.41, 5.74) is 1.23. The second-order valence-corrected chi connectivity index (χ2v) is 5.00. The van der Waals surface area contributed by atoms with Crippen LogP contribution in [0.15, 0.2) is 30.3 Å². The maximum Gasteiger partial charge on any atom is 0.306 e. The SMILES string of the molecule is CCCCCCOC(=O)CC(CC)c1ccccc1. The van der Waals surface area contributed by atoms with Gasteiger partial charge in [-0.1, -0.05) is 63.4 Å². The standard InChI is InChI=1S/C17H26O2/c1-3-5-6-10-13-19-17(18)14-15(4-2)16-11-8-7-9-12-16/h7-9,11-12,15H,3-6,10,13-14H2,1-2H3. The van der Waals surface area contributed by atoms with Gasteiger partial charge < -0.3 is 4.74 Å². The van der Waals surface area contributed by atoms with Crippen molar-refractivity contribution in [3.05, 3.63) is 35.9 Å². The molecule has 106 valence electrons. The van der Waals surface area contributed by atoms with Crippen molar-refractivity contribution in [2.45, 2.75) is 58.3 Å². The van der Waals surface area contributed by atoms with Crippen molar-refractivity contribution in [1.29, 1.82) is 0 Å². The van der Waals surface area contributed by atoms with Crippen molar-refractivity contribution in [3.63, 3.8) is 0 Å². The number of carbonyl (C=O) groups excluding carboxylic acids is 1. The van der Waals surface area contributed by atoms with Gasteiger partial charge in [0.2, 0.25) is 0 Å². The fourth-order valence-electron chi connectivity index (χ4n) is 2.20. The van der Waals surface area contributed by atoms with Crippen molar-refractivity contribution in [2.75, 3.05) is 6.61 Å². The molecule has 0 N–H and O–H groups in total. The summed E-state index contributed by atoms with van der Waals surface area (Å²) in [6.45, 7) is 4.87. The van der Waals surface area contributed by atoms with Gasteiger partial charge in [-0.15, -0.1) is 0 Å². The number of hydrogen-bond donors (Lipinski definition) is 0. The fourth-order valence-corrected chi connectivity index (χ4v) is 2.20. The third-order valence-electron chi connectivity index (χ3n) is 3.44. The third-order valence-corrected chi connectivity index (χ3v) is 3.44. The Morgan fingerprint density at radius 1 is 1.11 bits per heavy atom. The number of benzene rings is 1. The Morgan fingerprint density at radius 3 is 2.47 bits per heavy atom. The number of unbranched alkanes of at least 4 members (excludes halogenated alkanes) is 3. The van der Waals surface area contributed by atoms with Gasteiger partial charge >= 0.3 is 5.97 Å². The lowest BCUT2D eigenvalue weighted by molar-refractivity contribution is -0.144. The number of ether oxygens (including phenoxy) is 1. The zero-order valence-electron chi connectivity index (χ0n) is 12.2. The molecule has 0 aromatic heterocycles. The predicted octanol–water partition coefficient (Wildman–Crippen LogP) is 4.69. The molecule has 0 amide bonds. The van der Waals surface area contributed by atoms with Gasteiger partial charge in [0, 0.05) is 0 Å². The molecule has 2 nitrogen and oxygen atoms in total. The number of rotatable bonds is 9. The molecular formula is C17H26O2.